The van der Waals surface area contributed by atoms with Crippen molar-refractivity contribution in [2.75, 3.05) is 0 Å². The number of ketones is 1. The maximum absolute atomic E-state index is 12.5. The zero-order valence-corrected chi connectivity index (χ0v) is 9.99. The van der Waals surface area contributed by atoms with Crippen molar-refractivity contribution in [2.24, 2.45) is 0 Å². The molecule has 0 amide bonds. The van der Waals surface area contributed by atoms with E-state index >= 15 is 0 Å². The topological polar surface area (TPSA) is 43.1 Å². The van der Waals surface area contributed by atoms with Crippen molar-refractivity contribution in [3.8, 4) is 0 Å². The number of benzene rings is 1. The minimum atomic E-state index is -4.38. The summed E-state index contributed by atoms with van der Waals surface area (Å²) in [5.74, 6) is 0.0364. The fraction of sp³-hybridized carbons (Fsp3) is 0.231. The van der Waals surface area contributed by atoms with Gasteiger partial charge in [0.25, 0.3) is 0 Å². The van der Waals surface area contributed by atoms with Crippen molar-refractivity contribution in [3.05, 3.63) is 53.2 Å². The Bertz CT molecular complexity index is 602. The van der Waals surface area contributed by atoms with Gasteiger partial charge in [0.05, 0.1) is 11.8 Å². The van der Waals surface area contributed by atoms with E-state index in [0.29, 0.717) is 5.56 Å². The first-order valence-corrected chi connectivity index (χ1v) is 5.48. The van der Waals surface area contributed by atoms with Gasteiger partial charge in [0.15, 0.2) is 17.4 Å². The number of oxazole rings is 1. The molecule has 0 atom stereocenters. The van der Waals surface area contributed by atoms with Crippen molar-refractivity contribution in [2.45, 2.75) is 19.5 Å². The van der Waals surface area contributed by atoms with E-state index in [9.17, 15) is 18.0 Å². The van der Waals surface area contributed by atoms with Crippen LogP contribution in [0.2, 0.25) is 0 Å². The number of halogens is 3. The van der Waals surface area contributed by atoms with Crippen LogP contribution in [0.3, 0.4) is 0 Å². The third-order valence-electron chi connectivity index (χ3n) is 2.51. The second-order valence-corrected chi connectivity index (χ2v) is 4.05. The number of carbonyl (C=O) groups excluding carboxylic acids is 1. The molecule has 0 fully saturated rings. The van der Waals surface area contributed by atoms with E-state index in [0.717, 1.165) is 12.1 Å². The van der Waals surface area contributed by atoms with Crippen LogP contribution in [-0.2, 0) is 12.6 Å². The van der Waals surface area contributed by atoms with Gasteiger partial charge in [0, 0.05) is 13.3 Å². The van der Waals surface area contributed by atoms with Gasteiger partial charge < -0.3 is 4.42 Å². The number of alkyl halides is 3. The Kier molecular flexibility index (Phi) is 3.42. The molecule has 1 aromatic heterocycles. The fourth-order valence-corrected chi connectivity index (χ4v) is 1.59. The third kappa shape index (κ3) is 3.21. The quantitative estimate of drug-likeness (QED) is 0.801. The molecule has 0 aliphatic rings. The molecule has 100 valence electrons. The molecule has 0 spiro atoms. The number of hydrogen-bond donors (Lipinski definition) is 0. The maximum Gasteiger partial charge on any atom is 0.416 e. The van der Waals surface area contributed by atoms with Gasteiger partial charge in [-0.1, -0.05) is 18.2 Å². The molecule has 0 aliphatic carbocycles. The van der Waals surface area contributed by atoms with Gasteiger partial charge in [-0.2, -0.15) is 13.2 Å². The normalized spacial score (nSPS) is 11.6. The van der Waals surface area contributed by atoms with Crippen LogP contribution in [0.4, 0.5) is 13.2 Å². The first kappa shape index (κ1) is 13.3. The predicted molar refractivity (Wildman–Crippen MR) is 60.8 cm³/mol. The summed E-state index contributed by atoms with van der Waals surface area (Å²) in [6, 6.07) is 4.91. The van der Waals surface area contributed by atoms with Crippen LogP contribution < -0.4 is 0 Å². The van der Waals surface area contributed by atoms with Crippen LogP contribution >= 0.6 is 0 Å². The number of nitrogens with zero attached hydrogens (tertiary/aromatic N) is 1. The molecule has 2 aromatic rings. The molecule has 0 saturated heterocycles. The number of aromatic nitrogens is 1. The first-order chi connectivity index (χ1) is 8.86. The summed E-state index contributed by atoms with van der Waals surface area (Å²) in [5, 5.41) is 0. The largest absolute Gasteiger partial charge is 0.437 e. The van der Waals surface area contributed by atoms with Crippen LogP contribution in [0.15, 0.2) is 34.9 Å². The van der Waals surface area contributed by atoms with Crippen molar-refractivity contribution in [3.63, 3.8) is 0 Å². The minimum Gasteiger partial charge on any atom is -0.437 e. The first-order valence-electron chi connectivity index (χ1n) is 5.48. The Morgan fingerprint density at radius 3 is 2.68 bits per heavy atom. The van der Waals surface area contributed by atoms with E-state index < -0.39 is 11.7 Å². The lowest BCUT2D eigenvalue weighted by atomic mass is 10.1. The van der Waals surface area contributed by atoms with Gasteiger partial charge in [-0.25, -0.2) is 4.98 Å². The zero-order chi connectivity index (χ0) is 14.0. The number of hydrogen-bond acceptors (Lipinski definition) is 3. The Labute approximate surface area is 107 Å². The molecular formula is C13H10F3NO2. The van der Waals surface area contributed by atoms with Gasteiger partial charge in [-0.05, 0) is 11.6 Å². The highest BCUT2D eigenvalue weighted by molar-refractivity contribution is 5.90. The van der Waals surface area contributed by atoms with Gasteiger partial charge in [-0.3, -0.25) is 4.79 Å². The molecule has 0 saturated carbocycles. The monoisotopic (exact) mass is 269 g/mol. The van der Waals surface area contributed by atoms with Crippen LogP contribution in [-0.4, -0.2) is 10.8 Å². The summed E-state index contributed by atoms with van der Waals surface area (Å²) in [7, 11) is 0. The van der Waals surface area contributed by atoms with E-state index in [-0.39, 0.29) is 23.9 Å². The summed E-state index contributed by atoms with van der Waals surface area (Å²) in [5.41, 5.74) is -0.296. The SMILES string of the molecule is CC(=O)c1cnc(Cc2cccc(C(F)(F)F)c2)o1. The molecule has 2 rings (SSSR count). The van der Waals surface area contributed by atoms with Gasteiger partial charge in [0.2, 0.25) is 0 Å². The lowest BCUT2D eigenvalue weighted by Crippen LogP contribution is -2.05. The number of rotatable bonds is 3. The molecule has 6 heteroatoms. The van der Waals surface area contributed by atoms with Crippen LogP contribution in [0.5, 0.6) is 0 Å². The third-order valence-corrected chi connectivity index (χ3v) is 2.51. The smallest absolute Gasteiger partial charge is 0.416 e. The molecule has 19 heavy (non-hydrogen) atoms. The van der Waals surface area contributed by atoms with E-state index in [4.69, 9.17) is 4.42 Å². The van der Waals surface area contributed by atoms with E-state index in [1.54, 1.807) is 6.07 Å². The Hall–Kier alpha value is -2.11. The van der Waals surface area contributed by atoms with E-state index in [2.05, 4.69) is 4.98 Å². The van der Waals surface area contributed by atoms with Gasteiger partial charge in [0.1, 0.15) is 0 Å². The summed E-state index contributed by atoms with van der Waals surface area (Å²) in [6.45, 7) is 1.33. The minimum absolute atomic E-state index is 0.0991. The zero-order valence-electron chi connectivity index (χ0n) is 9.99. The van der Waals surface area contributed by atoms with Crippen molar-refractivity contribution in [1.82, 2.24) is 4.98 Å². The number of carbonyl (C=O) groups is 1. The summed E-state index contributed by atoms with van der Waals surface area (Å²) < 4.78 is 42.7. The highest BCUT2D eigenvalue weighted by atomic mass is 19.4. The average molecular weight is 269 g/mol. The van der Waals surface area contributed by atoms with Crippen molar-refractivity contribution < 1.29 is 22.4 Å². The highest BCUT2D eigenvalue weighted by Crippen LogP contribution is 2.29. The summed E-state index contributed by atoms with van der Waals surface area (Å²) in [4.78, 5) is 14.9. The summed E-state index contributed by atoms with van der Waals surface area (Å²) in [6.07, 6.45) is -3.00. The molecule has 0 bridgehead atoms. The Morgan fingerprint density at radius 2 is 2.11 bits per heavy atom. The summed E-state index contributed by atoms with van der Waals surface area (Å²) >= 11 is 0. The fourth-order valence-electron chi connectivity index (χ4n) is 1.59. The molecule has 1 aromatic carbocycles. The predicted octanol–water partition coefficient (Wildman–Crippen LogP) is 3.49. The second kappa shape index (κ2) is 4.87. The van der Waals surface area contributed by atoms with Crippen LogP contribution in [0.25, 0.3) is 0 Å². The molecule has 0 aliphatic heterocycles. The van der Waals surface area contributed by atoms with E-state index in [1.807, 2.05) is 0 Å². The van der Waals surface area contributed by atoms with E-state index in [1.165, 1.54) is 19.2 Å². The van der Waals surface area contributed by atoms with Gasteiger partial charge in [-0.15, -0.1) is 0 Å². The molecule has 0 unspecified atom stereocenters. The molecular weight excluding hydrogens is 259 g/mol. The molecule has 1 heterocycles. The molecule has 0 radical (unpaired) electrons. The standard InChI is InChI=1S/C13H10F3NO2/c1-8(18)11-7-17-12(19-11)6-9-3-2-4-10(5-9)13(14,15)16/h2-5,7H,6H2,1H3. The van der Waals surface area contributed by atoms with Crippen molar-refractivity contribution >= 4 is 5.78 Å². The maximum atomic E-state index is 12.5. The van der Waals surface area contributed by atoms with Crippen LogP contribution in [0, 0.1) is 0 Å². The highest BCUT2D eigenvalue weighted by Gasteiger charge is 2.30. The number of Topliss-reactive ketones (excluding diaryl/α,β-unsaturated/α-hetero) is 1. The van der Waals surface area contributed by atoms with Crippen LogP contribution in [0.1, 0.15) is 34.5 Å². The molecule has 3 nitrogen and oxygen atoms in total. The van der Waals surface area contributed by atoms with Crippen molar-refractivity contribution in [1.29, 1.82) is 0 Å². The lowest BCUT2D eigenvalue weighted by molar-refractivity contribution is -0.137. The Morgan fingerprint density at radius 1 is 1.37 bits per heavy atom. The van der Waals surface area contributed by atoms with Gasteiger partial charge >= 0.3 is 6.18 Å². The average Bonchev–Trinajstić information content (AvgIpc) is 2.77. The molecule has 0 N–H and O–H groups in total. The lowest BCUT2D eigenvalue weighted by Gasteiger charge is -2.07. The second-order valence-electron chi connectivity index (χ2n) is 4.05. The Balaban J connectivity index is 2.21.